The molecule has 1 aliphatic rings. The van der Waals surface area contributed by atoms with Crippen LogP contribution in [-0.4, -0.2) is 37.9 Å². The van der Waals surface area contributed by atoms with Crippen molar-refractivity contribution >= 4 is 21.5 Å². The monoisotopic (exact) mass is 380 g/mol. The number of methoxy groups -OCH3 is 1. The van der Waals surface area contributed by atoms with E-state index in [1.54, 1.807) is 12.1 Å². The van der Waals surface area contributed by atoms with Gasteiger partial charge in [0.15, 0.2) is 0 Å². The van der Waals surface area contributed by atoms with E-state index in [1.165, 1.54) is 7.11 Å². The van der Waals surface area contributed by atoms with Crippen LogP contribution in [0.25, 0.3) is 0 Å². The first-order valence-electron chi connectivity index (χ1n) is 7.87. The molecule has 0 aliphatic carbocycles. The van der Waals surface area contributed by atoms with Crippen LogP contribution in [0.3, 0.4) is 0 Å². The summed E-state index contributed by atoms with van der Waals surface area (Å²) >= 11 is 0. The molecule has 1 unspecified atom stereocenters. The maximum absolute atomic E-state index is 11.0. The quantitative estimate of drug-likeness (QED) is 0.441. The van der Waals surface area contributed by atoms with Crippen molar-refractivity contribution in [2.45, 2.75) is 45.1 Å². The van der Waals surface area contributed by atoms with Crippen LogP contribution in [0.1, 0.15) is 46.5 Å². The number of nitrogens with zero attached hydrogens (tertiary/aromatic N) is 2. The SMILES string of the molecule is COc1cc2c(cc1N=O)C(C)CC(C)(C)N2CCCS(=O)(=O)O.[H-].[Na+]. The Kier molecular flexibility index (Phi) is 7.47. The van der Waals surface area contributed by atoms with Gasteiger partial charge in [0.1, 0.15) is 11.4 Å². The number of ether oxygens (including phenoxy) is 1. The summed E-state index contributed by atoms with van der Waals surface area (Å²) in [5, 5.41) is 3.03. The molecule has 7 nitrogen and oxygen atoms in total. The fourth-order valence-electron chi connectivity index (χ4n) is 3.56. The standard InChI is InChI=1S/C16H24N2O5S.Na.H/c1-11-10-16(2,3)18(6-5-7-24(20,21)22)14-9-15(23-4)13(17-19)8-12(11)14;;/h8-9,11H,5-7,10H2,1-4H3,(H,20,21,22);;/q;+1;-1. The number of hydrogen-bond acceptors (Lipinski definition) is 6. The molecule has 0 fully saturated rings. The van der Waals surface area contributed by atoms with Crippen molar-refractivity contribution < 1.29 is 48.7 Å². The van der Waals surface area contributed by atoms with E-state index < -0.39 is 10.1 Å². The van der Waals surface area contributed by atoms with Crippen molar-refractivity contribution in [2.24, 2.45) is 5.18 Å². The molecule has 0 saturated heterocycles. The minimum absolute atomic E-state index is 0. The molecule has 0 radical (unpaired) electrons. The van der Waals surface area contributed by atoms with Gasteiger partial charge in [-0.05, 0) is 49.4 Å². The van der Waals surface area contributed by atoms with Gasteiger partial charge >= 0.3 is 29.6 Å². The molecule has 1 aromatic rings. The first-order valence-corrected chi connectivity index (χ1v) is 9.48. The molecule has 1 aliphatic heterocycles. The third-order valence-corrected chi connectivity index (χ3v) is 5.37. The molecule has 136 valence electrons. The number of fused-ring (bicyclic) bond motifs is 1. The number of hydrogen-bond donors (Lipinski definition) is 1. The summed E-state index contributed by atoms with van der Waals surface area (Å²) in [6.45, 7) is 6.76. The van der Waals surface area contributed by atoms with Gasteiger partial charge in [0.25, 0.3) is 10.1 Å². The van der Waals surface area contributed by atoms with E-state index in [0.29, 0.717) is 18.7 Å². The Labute approximate surface area is 172 Å². The minimum atomic E-state index is -3.98. The van der Waals surface area contributed by atoms with Crippen molar-refractivity contribution in [3.63, 3.8) is 0 Å². The summed E-state index contributed by atoms with van der Waals surface area (Å²) < 4.78 is 36.2. The smallest absolute Gasteiger partial charge is 1.00 e. The third-order valence-electron chi connectivity index (χ3n) is 4.57. The molecule has 0 amide bonds. The van der Waals surface area contributed by atoms with Crippen LogP contribution < -0.4 is 39.2 Å². The van der Waals surface area contributed by atoms with E-state index in [9.17, 15) is 13.3 Å². The van der Waals surface area contributed by atoms with Crippen molar-refractivity contribution in [1.82, 2.24) is 0 Å². The second-order valence-electron chi connectivity index (χ2n) is 6.88. The topological polar surface area (TPSA) is 96.3 Å². The number of rotatable bonds is 6. The summed E-state index contributed by atoms with van der Waals surface area (Å²) in [4.78, 5) is 13.1. The molecule has 0 aromatic heterocycles. The summed E-state index contributed by atoms with van der Waals surface area (Å²) in [6, 6.07) is 3.54. The minimum Gasteiger partial charge on any atom is -1.00 e. The zero-order valence-corrected chi connectivity index (χ0v) is 18.3. The predicted octanol–water partition coefficient (Wildman–Crippen LogP) is 0.580. The summed E-state index contributed by atoms with van der Waals surface area (Å²) in [7, 11) is -2.50. The average molecular weight is 380 g/mol. The van der Waals surface area contributed by atoms with Gasteiger partial charge in [-0.3, -0.25) is 4.55 Å². The van der Waals surface area contributed by atoms with Crippen LogP contribution in [0.15, 0.2) is 17.3 Å². The molecule has 1 N–H and O–H groups in total. The van der Waals surface area contributed by atoms with Gasteiger partial charge in [0.2, 0.25) is 0 Å². The molecule has 1 aromatic carbocycles. The van der Waals surface area contributed by atoms with Crippen LogP contribution in [0.5, 0.6) is 5.75 Å². The summed E-state index contributed by atoms with van der Waals surface area (Å²) in [5.74, 6) is 0.350. The molecule has 0 saturated carbocycles. The van der Waals surface area contributed by atoms with Crippen LogP contribution in [0.4, 0.5) is 11.4 Å². The Morgan fingerprint density at radius 3 is 2.60 bits per heavy atom. The van der Waals surface area contributed by atoms with Crippen molar-refractivity contribution in [2.75, 3.05) is 24.3 Å². The molecule has 2 rings (SSSR count). The van der Waals surface area contributed by atoms with Gasteiger partial charge in [0.05, 0.1) is 12.9 Å². The zero-order valence-electron chi connectivity index (χ0n) is 16.4. The fraction of sp³-hybridized carbons (Fsp3) is 0.625. The molecule has 0 bridgehead atoms. The van der Waals surface area contributed by atoms with Gasteiger partial charge in [-0.15, -0.1) is 4.91 Å². The van der Waals surface area contributed by atoms with Crippen molar-refractivity contribution in [3.05, 3.63) is 22.6 Å². The third kappa shape index (κ3) is 5.17. The number of nitroso groups, excluding NO2 is 1. The number of anilines is 1. The molecular formula is C16H25N2NaO5S. The van der Waals surface area contributed by atoms with E-state index in [0.717, 1.165) is 17.7 Å². The van der Waals surface area contributed by atoms with Gasteiger partial charge in [-0.2, -0.15) is 8.42 Å². The van der Waals surface area contributed by atoms with Crippen LogP contribution in [-0.2, 0) is 10.1 Å². The van der Waals surface area contributed by atoms with E-state index in [1.807, 2.05) is 0 Å². The molecule has 1 heterocycles. The first-order chi connectivity index (χ1) is 11.1. The van der Waals surface area contributed by atoms with Crippen molar-refractivity contribution in [3.8, 4) is 5.75 Å². The normalized spacial score (nSPS) is 18.9. The van der Waals surface area contributed by atoms with E-state index in [2.05, 4.69) is 30.8 Å². The van der Waals surface area contributed by atoms with Crippen LogP contribution >= 0.6 is 0 Å². The Balaban J connectivity index is 0.00000312. The van der Waals surface area contributed by atoms with Crippen LogP contribution in [0, 0.1) is 4.91 Å². The second kappa shape index (κ2) is 8.35. The Bertz CT molecular complexity index is 742. The van der Waals surface area contributed by atoms with E-state index in [4.69, 9.17) is 9.29 Å². The summed E-state index contributed by atoms with van der Waals surface area (Å²) in [5.41, 5.74) is 1.99. The molecule has 0 spiro atoms. The molecular weight excluding hydrogens is 355 g/mol. The van der Waals surface area contributed by atoms with Gasteiger partial charge in [-0.25, -0.2) is 0 Å². The first kappa shape index (κ1) is 22.4. The predicted molar refractivity (Wildman–Crippen MR) is 95.1 cm³/mol. The fourth-order valence-corrected chi connectivity index (χ4v) is 4.05. The summed E-state index contributed by atoms with van der Waals surface area (Å²) in [6.07, 6.45) is 1.17. The number of benzene rings is 1. The molecule has 25 heavy (non-hydrogen) atoms. The maximum atomic E-state index is 11.0. The second-order valence-corrected chi connectivity index (χ2v) is 8.46. The van der Waals surface area contributed by atoms with Gasteiger partial charge in [-0.1, -0.05) is 6.92 Å². The largest absolute Gasteiger partial charge is 1.00 e. The maximum Gasteiger partial charge on any atom is 1.00 e. The van der Waals surface area contributed by atoms with E-state index in [-0.39, 0.29) is 53.9 Å². The Morgan fingerprint density at radius 2 is 2.08 bits per heavy atom. The van der Waals surface area contributed by atoms with Crippen molar-refractivity contribution in [1.29, 1.82) is 0 Å². The van der Waals surface area contributed by atoms with Gasteiger partial charge < -0.3 is 11.1 Å². The molecule has 9 heteroatoms. The Morgan fingerprint density at radius 1 is 1.44 bits per heavy atom. The van der Waals surface area contributed by atoms with E-state index >= 15 is 0 Å². The zero-order chi connectivity index (χ0) is 18.1. The van der Waals surface area contributed by atoms with Gasteiger partial charge in [0, 0.05) is 23.8 Å². The average Bonchev–Trinajstić information content (AvgIpc) is 2.47. The molecule has 1 atom stereocenters. The Hall–Kier alpha value is -0.670. The van der Waals surface area contributed by atoms with Crippen LogP contribution in [0.2, 0.25) is 0 Å².